The van der Waals surface area contributed by atoms with Crippen molar-refractivity contribution in [1.29, 1.82) is 0 Å². The third-order valence-electron chi connectivity index (χ3n) is 2.16. The Balaban J connectivity index is 2.34. The Bertz CT molecular complexity index is 410. The first kappa shape index (κ1) is 9.30. The van der Waals surface area contributed by atoms with E-state index in [1.807, 2.05) is 17.5 Å². The number of hydrogen-bond donors (Lipinski definition) is 1. The van der Waals surface area contributed by atoms with Gasteiger partial charge in [-0.15, -0.1) is 11.3 Å². The van der Waals surface area contributed by atoms with Gasteiger partial charge in [0.1, 0.15) is 6.33 Å². The molecule has 0 radical (unpaired) electrons. The van der Waals surface area contributed by atoms with E-state index in [1.54, 1.807) is 17.5 Å². The van der Waals surface area contributed by atoms with Crippen molar-refractivity contribution in [2.75, 3.05) is 0 Å². The summed E-state index contributed by atoms with van der Waals surface area (Å²) in [7, 11) is 0. The molecule has 0 saturated carbocycles. The van der Waals surface area contributed by atoms with Crippen molar-refractivity contribution < 1.29 is 0 Å². The highest BCUT2D eigenvalue weighted by Crippen LogP contribution is 2.24. The van der Waals surface area contributed by atoms with Gasteiger partial charge in [-0.25, -0.2) is 9.97 Å². The zero-order chi connectivity index (χ0) is 9.97. The van der Waals surface area contributed by atoms with Crippen molar-refractivity contribution in [1.82, 2.24) is 9.97 Å². The fraction of sp³-hybridized carbons (Fsp3) is 0.200. The molecule has 3 nitrogen and oxygen atoms in total. The van der Waals surface area contributed by atoms with Crippen LogP contribution in [0, 0.1) is 6.92 Å². The van der Waals surface area contributed by atoms with Crippen LogP contribution in [0.25, 0.3) is 0 Å². The summed E-state index contributed by atoms with van der Waals surface area (Å²) >= 11 is 1.70. The summed E-state index contributed by atoms with van der Waals surface area (Å²) < 4.78 is 0. The molecule has 2 rings (SSSR count). The van der Waals surface area contributed by atoms with Gasteiger partial charge in [0.2, 0.25) is 0 Å². The third-order valence-corrected chi connectivity index (χ3v) is 3.02. The molecule has 14 heavy (non-hydrogen) atoms. The summed E-state index contributed by atoms with van der Waals surface area (Å²) in [4.78, 5) is 9.26. The van der Waals surface area contributed by atoms with Crippen molar-refractivity contribution in [3.63, 3.8) is 0 Å². The normalized spacial score (nSPS) is 12.7. The van der Waals surface area contributed by atoms with Gasteiger partial charge >= 0.3 is 0 Å². The average Bonchev–Trinajstić information content (AvgIpc) is 2.65. The number of aryl methyl sites for hydroxylation is 1. The highest BCUT2D eigenvalue weighted by atomic mass is 32.1. The standard InChI is InChI=1S/C10H11N3S/c1-7-8(3-5-14-7)10(11)9-2-4-12-6-13-9/h2-6,10H,11H2,1H3. The van der Waals surface area contributed by atoms with Gasteiger partial charge < -0.3 is 5.73 Å². The van der Waals surface area contributed by atoms with Gasteiger partial charge in [0.15, 0.2) is 0 Å². The number of thiophene rings is 1. The van der Waals surface area contributed by atoms with Crippen LogP contribution in [0.5, 0.6) is 0 Å². The molecule has 4 heteroatoms. The van der Waals surface area contributed by atoms with E-state index in [-0.39, 0.29) is 6.04 Å². The minimum Gasteiger partial charge on any atom is -0.319 e. The van der Waals surface area contributed by atoms with E-state index in [4.69, 9.17) is 5.73 Å². The molecule has 0 fully saturated rings. The summed E-state index contributed by atoms with van der Waals surface area (Å²) in [6, 6.07) is 3.76. The molecule has 2 heterocycles. The second kappa shape index (κ2) is 3.86. The van der Waals surface area contributed by atoms with E-state index in [9.17, 15) is 0 Å². The Kier molecular flexibility index (Phi) is 2.56. The highest BCUT2D eigenvalue weighted by molar-refractivity contribution is 7.10. The monoisotopic (exact) mass is 205 g/mol. The van der Waals surface area contributed by atoms with Gasteiger partial charge in [-0.05, 0) is 30.0 Å². The lowest BCUT2D eigenvalue weighted by Crippen LogP contribution is -2.13. The molecular formula is C10H11N3S. The van der Waals surface area contributed by atoms with Gasteiger partial charge in [-0.3, -0.25) is 0 Å². The molecule has 2 aromatic heterocycles. The fourth-order valence-electron chi connectivity index (χ4n) is 1.36. The number of hydrogen-bond acceptors (Lipinski definition) is 4. The predicted molar refractivity (Wildman–Crippen MR) is 57.1 cm³/mol. The highest BCUT2D eigenvalue weighted by Gasteiger charge is 2.12. The number of rotatable bonds is 2. The molecule has 0 aliphatic carbocycles. The van der Waals surface area contributed by atoms with Gasteiger partial charge in [0.25, 0.3) is 0 Å². The fourth-order valence-corrected chi connectivity index (χ4v) is 2.11. The van der Waals surface area contributed by atoms with Crippen LogP contribution in [-0.2, 0) is 0 Å². The number of nitrogens with zero attached hydrogens (tertiary/aromatic N) is 2. The molecule has 0 spiro atoms. The zero-order valence-corrected chi connectivity index (χ0v) is 8.66. The average molecular weight is 205 g/mol. The van der Waals surface area contributed by atoms with Crippen LogP contribution in [0.15, 0.2) is 30.0 Å². The lowest BCUT2D eigenvalue weighted by molar-refractivity contribution is 0.818. The molecule has 1 atom stereocenters. The predicted octanol–water partition coefficient (Wildman–Crippen LogP) is 1.89. The maximum atomic E-state index is 6.08. The smallest absolute Gasteiger partial charge is 0.115 e. The van der Waals surface area contributed by atoms with Gasteiger partial charge in [0.05, 0.1) is 11.7 Å². The molecule has 0 bridgehead atoms. The summed E-state index contributed by atoms with van der Waals surface area (Å²) in [6.07, 6.45) is 3.24. The maximum absolute atomic E-state index is 6.08. The molecule has 0 saturated heterocycles. The maximum Gasteiger partial charge on any atom is 0.115 e. The lowest BCUT2D eigenvalue weighted by atomic mass is 10.1. The lowest BCUT2D eigenvalue weighted by Gasteiger charge is -2.09. The molecule has 72 valence electrons. The van der Waals surface area contributed by atoms with E-state index >= 15 is 0 Å². The Morgan fingerprint density at radius 3 is 2.86 bits per heavy atom. The molecule has 2 N–H and O–H groups in total. The molecule has 0 aromatic carbocycles. The Morgan fingerprint density at radius 1 is 1.43 bits per heavy atom. The van der Waals surface area contributed by atoms with Crippen molar-refractivity contribution in [3.8, 4) is 0 Å². The molecule has 2 aromatic rings. The second-order valence-electron chi connectivity index (χ2n) is 3.04. The van der Waals surface area contributed by atoms with Crippen LogP contribution in [0.2, 0.25) is 0 Å². The minimum absolute atomic E-state index is 0.135. The Labute approximate surface area is 86.6 Å². The van der Waals surface area contributed by atoms with Crippen LogP contribution in [0.1, 0.15) is 22.2 Å². The Morgan fingerprint density at radius 2 is 2.29 bits per heavy atom. The van der Waals surface area contributed by atoms with Crippen LogP contribution in [0.3, 0.4) is 0 Å². The molecular weight excluding hydrogens is 194 g/mol. The summed E-state index contributed by atoms with van der Waals surface area (Å²) in [5.74, 6) is 0. The van der Waals surface area contributed by atoms with Gasteiger partial charge in [-0.2, -0.15) is 0 Å². The van der Waals surface area contributed by atoms with Gasteiger partial charge in [-0.1, -0.05) is 0 Å². The van der Waals surface area contributed by atoms with Crippen LogP contribution < -0.4 is 5.73 Å². The quantitative estimate of drug-likeness (QED) is 0.814. The van der Waals surface area contributed by atoms with Crippen molar-refractivity contribution in [2.45, 2.75) is 13.0 Å². The third kappa shape index (κ3) is 1.66. The van der Waals surface area contributed by atoms with Crippen LogP contribution in [-0.4, -0.2) is 9.97 Å². The largest absolute Gasteiger partial charge is 0.319 e. The molecule has 0 aliphatic rings. The second-order valence-corrected chi connectivity index (χ2v) is 4.16. The number of nitrogens with two attached hydrogens (primary N) is 1. The molecule has 0 aliphatic heterocycles. The van der Waals surface area contributed by atoms with Crippen LogP contribution >= 0.6 is 11.3 Å². The first-order valence-corrected chi connectivity index (χ1v) is 5.22. The molecule has 0 amide bonds. The van der Waals surface area contributed by atoms with E-state index < -0.39 is 0 Å². The van der Waals surface area contributed by atoms with E-state index in [1.165, 1.54) is 11.2 Å². The van der Waals surface area contributed by atoms with Crippen molar-refractivity contribution in [2.24, 2.45) is 5.73 Å². The summed E-state index contributed by atoms with van der Waals surface area (Å²) in [5.41, 5.74) is 8.09. The number of aromatic nitrogens is 2. The first-order chi connectivity index (χ1) is 6.79. The topological polar surface area (TPSA) is 51.8 Å². The first-order valence-electron chi connectivity index (χ1n) is 4.34. The van der Waals surface area contributed by atoms with Crippen molar-refractivity contribution in [3.05, 3.63) is 46.2 Å². The van der Waals surface area contributed by atoms with E-state index in [0.29, 0.717) is 0 Å². The van der Waals surface area contributed by atoms with E-state index in [0.717, 1.165) is 11.3 Å². The SMILES string of the molecule is Cc1sccc1C(N)c1ccncn1. The minimum atomic E-state index is -0.135. The molecule has 1 unspecified atom stereocenters. The summed E-state index contributed by atoms with van der Waals surface area (Å²) in [5, 5.41) is 2.05. The summed E-state index contributed by atoms with van der Waals surface area (Å²) in [6.45, 7) is 2.07. The zero-order valence-electron chi connectivity index (χ0n) is 7.84. The van der Waals surface area contributed by atoms with Crippen molar-refractivity contribution >= 4 is 11.3 Å². The Hall–Kier alpha value is -1.26. The van der Waals surface area contributed by atoms with Gasteiger partial charge in [0, 0.05) is 11.1 Å². The van der Waals surface area contributed by atoms with Crippen LogP contribution in [0.4, 0.5) is 0 Å². The van der Waals surface area contributed by atoms with E-state index in [2.05, 4.69) is 16.9 Å².